The summed E-state index contributed by atoms with van der Waals surface area (Å²) < 4.78 is 11.9. The van der Waals surface area contributed by atoms with Crippen molar-refractivity contribution >= 4 is 23.2 Å². The van der Waals surface area contributed by atoms with E-state index in [-0.39, 0.29) is 24.2 Å². The molecule has 9 nitrogen and oxygen atoms in total. The fraction of sp³-hybridized carbons (Fsp3) is 0.412. The molecule has 1 fully saturated rings. The summed E-state index contributed by atoms with van der Waals surface area (Å²) in [5.41, 5.74) is 0.242. The number of ether oxygens (including phenoxy) is 2. The Morgan fingerprint density at radius 3 is 2.39 bits per heavy atom. The van der Waals surface area contributed by atoms with Crippen LogP contribution in [0.25, 0.3) is 0 Å². The van der Waals surface area contributed by atoms with Gasteiger partial charge in [-0.15, -0.1) is 11.3 Å². The highest BCUT2D eigenvalue weighted by molar-refractivity contribution is 7.09. The van der Waals surface area contributed by atoms with E-state index in [1.807, 2.05) is 50.4 Å². The summed E-state index contributed by atoms with van der Waals surface area (Å²) in [6.45, 7) is 11.8. The fourth-order valence-electron chi connectivity index (χ4n) is 5.94. The van der Waals surface area contributed by atoms with E-state index in [0.29, 0.717) is 27.7 Å². The monoisotopic (exact) mass is 613 g/mol. The largest absolute Gasteiger partial charge is 0.496 e. The summed E-state index contributed by atoms with van der Waals surface area (Å²) in [6, 6.07) is 10.4. The first kappa shape index (κ1) is 31.3. The van der Waals surface area contributed by atoms with Gasteiger partial charge in [0.2, 0.25) is 0 Å². The van der Waals surface area contributed by atoms with Crippen molar-refractivity contribution in [3.8, 4) is 5.75 Å². The summed E-state index contributed by atoms with van der Waals surface area (Å²) in [5, 5.41) is 2.57. The Morgan fingerprint density at radius 1 is 1.00 bits per heavy atom. The number of hydrogen-bond acceptors (Lipinski definition) is 9. The molecule has 0 N–H and O–H groups in total. The fourth-order valence-corrected chi connectivity index (χ4v) is 6.73. The minimum atomic E-state index is -1.44. The van der Waals surface area contributed by atoms with Gasteiger partial charge in [-0.2, -0.15) is 0 Å². The van der Waals surface area contributed by atoms with Gasteiger partial charge in [0.1, 0.15) is 21.9 Å². The van der Waals surface area contributed by atoms with Crippen molar-refractivity contribution in [3.05, 3.63) is 100 Å². The minimum absolute atomic E-state index is 0.143. The molecule has 1 aliphatic rings. The molecule has 0 spiro atoms. The molecule has 0 aliphatic carbocycles. The van der Waals surface area contributed by atoms with Gasteiger partial charge in [-0.1, -0.05) is 32.9 Å². The lowest BCUT2D eigenvalue weighted by Crippen LogP contribution is -2.57. The lowest BCUT2D eigenvalue weighted by molar-refractivity contribution is -0.167. The third kappa shape index (κ3) is 6.22. The first-order valence-corrected chi connectivity index (χ1v) is 15.5. The van der Waals surface area contributed by atoms with Gasteiger partial charge in [0, 0.05) is 60.0 Å². The summed E-state index contributed by atoms with van der Waals surface area (Å²) in [7, 11) is 1.60. The van der Waals surface area contributed by atoms with E-state index in [2.05, 4.69) is 40.7 Å². The third-order valence-corrected chi connectivity index (χ3v) is 8.65. The molecular formula is C34H39N5O4S. The normalized spacial score (nSPS) is 20.4. The maximum Gasteiger partial charge on any atom is 0.333 e. The number of carbonyl (C=O) groups is 2. The quantitative estimate of drug-likeness (QED) is 0.223. The van der Waals surface area contributed by atoms with Crippen LogP contribution in [-0.4, -0.2) is 55.0 Å². The third-order valence-electron chi connectivity index (χ3n) is 7.80. The van der Waals surface area contributed by atoms with E-state index < -0.39 is 29.1 Å². The first-order chi connectivity index (χ1) is 20.8. The van der Waals surface area contributed by atoms with Crippen LogP contribution < -0.4 is 4.74 Å². The van der Waals surface area contributed by atoms with E-state index in [4.69, 9.17) is 9.47 Å². The van der Waals surface area contributed by atoms with Crippen molar-refractivity contribution in [2.75, 3.05) is 7.11 Å². The summed E-state index contributed by atoms with van der Waals surface area (Å²) in [6.07, 6.45) is 8.72. The second-order valence-electron chi connectivity index (χ2n) is 13.1. The van der Waals surface area contributed by atoms with Gasteiger partial charge < -0.3 is 14.4 Å². The lowest BCUT2D eigenvalue weighted by atomic mass is 9.84. The maximum absolute atomic E-state index is 15.0. The predicted octanol–water partition coefficient (Wildman–Crippen LogP) is 6.33. The lowest BCUT2D eigenvalue weighted by Gasteiger charge is -2.40. The highest BCUT2D eigenvalue weighted by atomic mass is 32.1. The van der Waals surface area contributed by atoms with Crippen LogP contribution >= 0.6 is 11.3 Å². The second kappa shape index (κ2) is 12.1. The average molecular weight is 614 g/mol. The molecule has 1 aliphatic heterocycles. The Kier molecular flexibility index (Phi) is 8.57. The number of methoxy groups -OCH3 is 1. The van der Waals surface area contributed by atoms with Gasteiger partial charge in [0.05, 0.1) is 18.8 Å². The standard InChI is InChI=1S/C34H39N5O4S/c1-32(2,3)25-12-11-22(18-27(25)42-7)30(40)39-28(29-38-16-17-44-29)24(26-21-35-14-15-37-26)20-34(39,31(41)43-33(4,5)6)19-23-10-8-9-13-36-23/h8-18,21,24,28H,19-20H2,1-7H3/t24-,28-,34-/m1/s1. The zero-order chi connectivity index (χ0) is 31.7. The van der Waals surface area contributed by atoms with E-state index in [0.717, 1.165) is 5.56 Å². The van der Waals surface area contributed by atoms with Gasteiger partial charge in [-0.3, -0.25) is 19.7 Å². The van der Waals surface area contributed by atoms with Gasteiger partial charge in [0.25, 0.3) is 5.91 Å². The molecule has 5 rings (SSSR count). The molecule has 4 heterocycles. The van der Waals surface area contributed by atoms with E-state index >= 15 is 4.79 Å². The van der Waals surface area contributed by atoms with Crippen LogP contribution in [-0.2, 0) is 21.4 Å². The molecule has 0 unspecified atom stereocenters. The number of likely N-dealkylation sites (tertiary alicyclic amines) is 1. The Labute approximate surface area is 262 Å². The van der Waals surface area contributed by atoms with E-state index in [1.165, 1.54) is 11.3 Å². The second-order valence-corrected chi connectivity index (χ2v) is 14.1. The summed E-state index contributed by atoms with van der Waals surface area (Å²) in [5.74, 6) is -0.635. The van der Waals surface area contributed by atoms with Crippen LogP contribution in [0, 0.1) is 0 Å². The number of benzene rings is 1. The number of pyridine rings is 1. The highest BCUT2D eigenvalue weighted by Gasteiger charge is 2.61. The van der Waals surface area contributed by atoms with Crippen molar-refractivity contribution in [2.24, 2.45) is 0 Å². The zero-order valence-electron chi connectivity index (χ0n) is 26.3. The van der Waals surface area contributed by atoms with Crippen LogP contribution in [0.5, 0.6) is 5.75 Å². The van der Waals surface area contributed by atoms with Crippen LogP contribution in [0.3, 0.4) is 0 Å². The molecule has 0 radical (unpaired) electrons. The number of aromatic nitrogens is 4. The Morgan fingerprint density at radius 2 is 1.80 bits per heavy atom. The molecule has 230 valence electrons. The molecule has 10 heteroatoms. The minimum Gasteiger partial charge on any atom is -0.496 e. The Balaban J connectivity index is 1.76. The van der Waals surface area contributed by atoms with Crippen molar-refractivity contribution in [2.45, 2.75) is 82.9 Å². The number of hydrogen-bond donors (Lipinski definition) is 0. The van der Waals surface area contributed by atoms with Gasteiger partial charge in [0.15, 0.2) is 0 Å². The van der Waals surface area contributed by atoms with Crippen molar-refractivity contribution in [3.63, 3.8) is 0 Å². The zero-order valence-corrected chi connectivity index (χ0v) is 27.1. The smallest absolute Gasteiger partial charge is 0.333 e. The van der Waals surface area contributed by atoms with Gasteiger partial charge in [-0.25, -0.2) is 9.78 Å². The molecule has 4 aromatic rings. The van der Waals surface area contributed by atoms with E-state index in [9.17, 15) is 4.79 Å². The molecule has 1 amide bonds. The molecular weight excluding hydrogens is 574 g/mol. The first-order valence-electron chi connectivity index (χ1n) is 14.6. The Hall–Kier alpha value is -4.18. The van der Waals surface area contributed by atoms with Crippen molar-refractivity contribution in [1.29, 1.82) is 0 Å². The average Bonchev–Trinajstić information content (AvgIpc) is 3.63. The molecule has 1 aromatic carbocycles. The number of amides is 1. The molecule has 1 saturated heterocycles. The molecule has 3 aromatic heterocycles. The number of nitrogens with zero attached hydrogens (tertiary/aromatic N) is 5. The predicted molar refractivity (Wildman–Crippen MR) is 169 cm³/mol. The number of rotatable bonds is 7. The number of esters is 1. The molecule has 0 saturated carbocycles. The van der Waals surface area contributed by atoms with E-state index in [1.54, 1.807) is 55.1 Å². The molecule has 3 atom stereocenters. The molecule has 44 heavy (non-hydrogen) atoms. The number of carbonyl (C=O) groups excluding carboxylic acids is 2. The van der Waals surface area contributed by atoms with Crippen LogP contribution in [0.2, 0.25) is 0 Å². The molecule has 0 bridgehead atoms. The van der Waals surface area contributed by atoms with Crippen molar-refractivity contribution in [1.82, 2.24) is 24.8 Å². The van der Waals surface area contributed by atoms with Crippen LogP contribution in [0.15, 0.2) is 72.8 Å². The van der Waals surface area contributed by atoms with Gasteiger partial charge in [-0.05, 0) is 62.4 Å². The summed E-state index contributed by atoms with van der Waals surface area (Å²) >= 11 is 1.43. The maximum atomic E-state index is 15.0. The van der Waals surface area contributed by atoms with Crippen molar-refractivity contribution < 1.29 is 19.1 Å². The topological polar surface area (TPSA) is 107 Å². The van der Waals surface area contributed by atoms with Crippen LogP contribution in [0.1, 0.15) is 92.2 Å². The summed E-state index contributed by atoms with van der Waals surface area (Å²) in [4.78, 5) is 49.5. The highest BCUT2D eigenvalue weighted by Crippen LogP contribution is 2.54. The Bertz CT molecular complexity index is 1600. The van der Waals surface area contributed by atoms with Gasteiger partial charge >= 0.3 is 5.97 Å². The number of thiazole rings is 1. The SMILES string of the molecule is COc1cc(C(=O)N2[C@@H](c3nccs3)[C@@H](c3cnccn3)C[C@]2(Cc2ccccn2)C(=O)OC(C)(C)C)ccc1C(C)(C)C. The van der Waals surface area contributed by atoms with Crippen LogP contribution in [0.4, 0.5) is 0 Å².